The summed E-state index contributed by atoms with van der Waals surface area (Å²) in [6, 6.07) is 6.56. The first-order valence-electron chi connectivity index (χ1n) is 6.66. The highest BCUT2D eigenvalue weighted by atomic mass is 32.2. The standard InChI is InChI=1S/C14H22N2O2S/c1-11(2)12-4-5-14-9-16(7-6-13(14)8-12)10-19(17,18)15-3/h4-5,8,11,15H,6-7,9-10H2,1-3H3. The second-order valence-electron chi connectivity index (χ2n) is 5.43. The van der Waals surface area contributed by atoms with Gasteiger partial charge in [-0.25, -0.2) is 13.1 Å². The largest absolute Gasteiger partial charge is 0.284 e. The van der Waals surface area contributed by atoms with Gasteiger partial charge in [-0.2, -0.15) is 0 Å². The fourth-order valence-electron chi connectivity index (χ4n) is 2.41. The summed E-state index contributed by atoms with van der Waals surface area (Å²) >= 11 is 0. The highest BCUT2D eigenvalue weighted by molar-refractivity contribution is 7.89. The molecule has 0 unspecified atom stereocenters. The van der Waals surface area contributed by atoms with E-state index in [0.29, 0.717) is 12.5 Å². The average molecular weight is 282 g/mol. The lowest BCUT2D eigenvalue weighted by Crippen LogP contribution is -2.38. The van der Waals surface area contributed by atoms with Crippen molar-refractivity contribution in [2.24, 2.45) is 0 Å². The van der Waals surface area contributed by atoms with Crippen molar-refractivity contribution in [3.63, 3.8) is 0 Å². The molecule has 0 saturated heterocycles. The van der Waals surface area contributed by atoms with Gasteiger partial charge in [0.1, 0.15) is 5.88 Å². The van der Waals surface area contributed by atoms with Crippen LogP contribution in [-0.2, 0) is 23.0 Å². The fourth-order valence-corrected chi connectivity index (χ4v) is 3.24. The van der Waals surface area contributed by atoms with Crippen LogP contribution in [0.5, 0.6) is 0 Å². The van der Waals surface area contributed by atoms with E-state index in [1.54, 1.807) is 0 Å². The van der Waals surface area contributed by atoms with Crippen LogP contribution in [0.3, 0.4) is 0 Å². The number of sulfonamides is 1. The summed E-state index contributed by atoms with van der Waals surface area (Å²) in [5, 5.41) is 0. The summed E-state index contributed by atoms with van der Waals surface area (Å²) in [4.78, 5) is 1.98. The van der Waals surface area contributed by atoms with Gasteiger partial charge in [-0.05, 0) is 36.1 Å². The minimum absolute atomic E-state index is 0.0782. The Hall–Kier alpha value is -0.910. The van der Waals surface area contributed by atoms with E-state index >= 15 is 0 Å². The first-order chi connectivity index (χ1) is 8.91. The van der Waals surface area contributed by atoms with E-state index in [1.165, 1.54) is 23.7 Å². The van der Waals surface area contributed by atoms with Crippen molar-refractivity contribution in [1.82, 2.24) is 9.62 Å². The molecule has 0 amide bonds. The van der Waals surface area contributed by atoms with Crippen molar-refractivity contribution in [1.29, 1.82) is 0 Å². The van der Waals surface area contributed by atoms with Crippen molar-refractivity contribution < 1.29 is 8.42 Å². The van der Waals surface area contributed by atoms with Gasteiger partial charge in [0.25, 0.3) is 0 Å². The summed E-state index contributed by atoms with van der Waals surface area (Å²) in [7, 11) is -1.71. The molecule has 0 fully saturated rings. The van der Waals surface area contributed by atoms with Gasteiger partial charge in [-0.1, -0.05) is 32.0 Å². The van der Waals surface area contributed by atoms with Crippen LogP contribution in [0.4, 0.5) is 0 Å². The molecule has 1 heterocycles. The molecule has 0 saturated carbocycles. The van der Waals surface area contributed by atoms with Crippen LogP contribution in [0.1, 0.15) is 36.5 Å². The van der Waals surface area contributed by atoms with E-state index in [-0.39, 0.29) is 5.88 Å². The predicted molar refractivity (Wildman–Crippen MR) is 77.5 cm³/mol. The molecular weight excluding hydrogens is 260 g/mol. The Labute approximate surface area is 115 Å². The third-order valence-electron chi connectivity index (χ3n) is 3.65. The predicted octanol–water partition coefficient (Wildman–Crippen LogP) is 1.67. The highest BCUT2D eigenvalue weighted by Crippen LogP contribution is 2.24. The van der Waals surface area contributed by atoms with Gasteiger partial charge < -0.3 is 0 Å². The van der Waals surface area contributed by atoms with Crippen LogP contribution >= 0.6 is 0 Å². The van der Waals surface area contributed by atoms with Crippen LogP contribution in [0, 0.1) is 0 Å². The van der Waals surface area contributed by atoms with E-state index in [0.717, 1.165) is 13.0 Å². The summed E-state index contributed by atoms with van der Waals surface area (Å²) in [5.41, 5.74) is 3.97. The number of hydrogen-bond donors (Lipinski definition) is 1. The Morgan fingerprint density at radius 3 is 2.68 bits per heavy atom. The molecule has 1 aromatic carbocycles. The van der Waals surface area contributed by atoms with Crippen molar-refractivity contribution >= 4 is 10.0 Å². The molecule has 1 aromatic rings. The molecule has 2 rings (SSSR count). The monoisotopic (exact) mass is 282 g/mol. The molecule has 1 N–H and O–H groups in total. The molecule has 1 aliphatic rings. The first kappa shape index (κ1) is 14.5. The zero-order valence-electron chi connectivity index (χ0n) is 11.8. The first-order valence-corrected chi connectivity index (χ1v) is 8.32. The molecular formula is C14H22N2O2S. The number of benzene rings is 1. The topological polar surface area (TPSA) is 49.4 Å². The van der Waals surface area contributed by atoms with Gasteiger partial charge in [0.2, 0.25) is 10.0 Å². The molecule has 0 aliphatic carbocycles. The molecule has 0 radical (unpaired) electrons. The lowest BCUT2D eigenvalue weighted by atomic mass is 9.93. The molecule has 1 aliphatic heterocycles. The van der Waals surface area contributed by atoms with Gasteiger partial charge in [-0.3, -0.25) is 4.90 Å². The Kier molecular flexibility index (Phi) is 4.28. The molecule has 0 aromatic heterocycles. The number of nitrogens with one attached hydrogen (secondary N) is 1. The number of hydrogen-bond acceptors (Lipinski definition) is 3. The minimum atomic E-state index is -3.17. The minimum Gasteiger partial charge on any atom is -0.284 e. The van der Waals surface area contributed by atoms with Gasteiger partial charge >= 0.3 is 0 Å². The summed E-state index contributed by atoms with van der Waals surface area (Å²) in [6.45, 7) is 5.90. The van der Waals surface area contributed by atoms with Crippen molar-refractivity contribution in [2.75, 3.05) is 19.5 Å². The maximum atomic E-state index is 11.6. The van der Waals surface area contributed by atoms with Crippen LogP contribution in [0.15, 0.2) is 18.2 Å². The van der Waals surface area contributed by atoms with Gasteiger partial charge in [0.05, 0.1) is 0 Å². The number of nitrogens with zero attached hydrogens (tertiary/aromatic N) is 1. The number of fused-ring (bicyclic) bond motifs is 1. The molecule has 106 valence electrons. The maximum absolute atomic E-state index is 11.6. The van der Waals surface area contributed by atoms with Crippen LogP contribution in [-0.4, -0.2) is 32.8 Å². The normalized spacial score (nSPS) is 16.6. The number of rotatable bonds is 4. The molecule has 5 heteroatoms. The van der Waals surface area contributed by atoms with E-state index in [9.17, 15) is 8.42 Å². The summed E-state index contributed by atoms with van der Waals surface area (Å²) in [6.07, 6.45) is 0.926. The van der Waals surface area contributed by atoms with E-state index in [4.69, 9.17) is 0 Å². The highest BCUT2D eigenvalue weighted by Gasteiger charge is 2.21. The zero-order chi connectivity index (χ0) is 14.0. The maximum Gasteiger partial charge on any atom is 0.224 e. The molecule has 0 atom stereocenters. The van der Waals surface area contributed by atoms with Crippen LogP contribution in [0.25, 0.3) is 0 Å². The smallest absolute Gasteiger partial charge is 0.224 e. The quantitative estimate of drug-likeness (QED) is 0.914. The van der Waals surface area contributed by atoms with E-state index in [2.05, 4.69) is 36.8 Å². The Balaban J connectivity index is 2.13. The molecule has 0 spiro atoms. The van der Waals surface area contributed by atoms with Gasteiger partial charge in [0, 0.05) is 13.1 Å². The van der Waals surface area contributed by atoms with E-state index < -0.39 is 10.0 Å². The second kappa shape index (κ2) is 5.61. The van der Waals surface area contributed by atoms with E-state index in [1.807, 2.05) is 4.90 Å². The Morgan fingerprint density at radius 1 is 1.32 bits per heavy atom. The van der Waals surface area contributed by atoms with Gasteiger partial charge in [0.15, 0.2) is 0 Å². The molecule has 0 bridgehead atoms. The lowest BCUT2D eigenvalue weighted by Gasteiger charge is -2.28. The third kappa shape index (κ3) is 3.55. The SMILES string of the molecule is CNS(=O)(=O)CN1CCc2cc(C(C)C)ccc2C1. The molecule has 4 nitrogen and oxygen atoms in total. The third-order valence-corrected chi connectivity index (χ3v) is 4.98. The zero-order valence-corrected chi connectivity index (χ0v) is 12.6. The lowest BCUT2D eigenvalue weighted by molar-refractivity contribution is 0.292. The van der Waals surface area contributed by atoms with Crippen molar-refractivity contribution in [3.05, 3.63) is 34.9 Å². The Bertz CT molecular complexity index is 553. The van der Waals surface area contributed by atoms with Crippen molar-refractivity contribution in [2.45, 2.75) is 32.7 Å². The summed E-state index contributed by atoms with van der Waals surface area (Å²) in [5.74, 6) is 0.613. The van der Waals surface area contributed by atoms with Crippen LogP contribution < -0.4 is 4.72 Å². The fraction of sp³-hybridized carbons (Fsp3) is 0.571. The average Bonchev–Trinajstić information content (AvgIpc) is 2.37. The van der Waals surface area contributed by atoms with Crippen LogP contribution in [0.2, 0.25) is 0 Å². The summed E-state index contributed by atoms with van der Waals surface area (Å²) < 4.78 is 25.5. The Morgan fingerprint density at radius 2 is 2.05 bits per heavy atom. The van der Waals surface area contributed by atoms with Gasteiger partial charge in [-0.15, -0.1) is 0 Å². The van der Waals surface area contributed by atoms with Crippen molar-refractivity contribution in [3.8, 4) is 0 Å². The molecule has 19 heavy (non-hydrogen) atoms. The second-order valence-corrected chi connectivity index (χ2v) is 7.33.